The molecule has 2 aromatic rings. The van der Waals surface area contributed by atoms with Gasteiger partial charge in [-0.2, -0.15) is 5.10 Å². The topological polar surface area (TPSA) is 29.9 Å². The van der Waals surface area contributed by atoms with Crippen molar-refractivity contribution in [2.24, 2.45) is 7.05 Å². The first kappa shape index (κ1) is 12.9. The van der Waals surface area contributed by atoms with E-state index in [0.717, 1.165) is 6.42 Å². The Hall–Kier alpha value is -1.13. The lowest BCUT2D eigenvalue weighted by molar-refractivity contribution is 0.404. The normalized spacial score (nSPS) is 20.2. The lowest BCUT2D eigenvalue weighted by Crippen LogP contribution is -2.33. The van der Waals surface area contributed by atoms with Crippen molar-refractivity contribution < 1.29 is 0 Å². The molecule has 0 amide bonds. The predicted molar refractivity (Wildman–Crippen MR) is 79.5 cm³/mol. The SMILES string of the molecule is CC(Cc1cccs1)NC1CCCc2c1cnn2C. The van der Waals surface area contributed by atoms with Crippen LogP contribution in [-0.4, -0.2) is 15.8 Å². The molecule has 2 aromatic heterocycles. The minimum absolute atomic E-state index is 0.479. The van der Waals surface area contributed by atoms with Crippen LogP contribution in [-0.2, 0) is 19.9 Å². The summed E-state index contributed by atoms with van der Waals surface area (Å²) in [5.41, 5.74) is 2.82. The number of hydrogen-bond acceptors (Lipinski definition) is 3. The maximum Gasteiger partial charge on any atom is 0.0540 e. The van der Waals surface area contributed by atoms with E-state index >= 15 is 0 Å². The Labute approximate surface area is 118 Å². The van der Waals surface area contributed by atoms with E-state index < -0.39 is 0 Å². The van der Waals surface area contributed by atoms with Crippen molar-refractivity contribution >= 4 is 11.3 Å². The van der Waals surface area contributed by atoms with Crippen molar-refractivity contribution in [1.82, 2.24) is 15.1 Å². The van der Waals surface area contributed by atoms with Crippen molar-refractivity contribution in [3.8, 4) is 0 Å². The number of hydrogen-bond donors (Lipinski definition) is 1. The fraction of sp³-hybridized carbons (Fsp3) is 0.533. The van der Waals surface area contributed by atoms with Crippen LogP contribution in [0.3, 0.4) is 0 Å². The molecule has 0 saturated heterocycles. The second kappa shape index (κ2) is 5.47. The Balaban J connectivity index is 1.67. The van der Waals surface area contributed by atoms with Crippen LogP contribution < -0.4 is 5.32 Å². The van der Waals surface area contributed by atoms with E-state index in [0.29, 0.717) is 12.1 Å². The highest BCUT2D eigenvalue weighted by molar-refractivity contribution is 7.09. The Morgan fingerprint density at radius 1 is 1.58 bits per heavy atom. The van der Waals surface area contributed by atoms with Gasteiger partial charge in [0.15, 0.2) is 0 Å². The van der Waals surface area contributed by atoms with Gasteiger partial charge in [0.2, 0.25) is 0 Å². The summed E-state index contributed by atoms with van der Waals surface area (Å²) in [6.45, 7) is 2.28. The van der Waals surface area contributed by atoms with E-state index in [1.807, 2.05) is 22.2 Å². The summed E-state index contributed by atoms with van der Waals surface area (Å²) in [5, 5.41) is 10.3. The number of rotatable bonds is 4. The van der Waals surface area contributed by atoms with E-state index in [1.54, 1.807) is 0 Å². The maximum atomic E-state index is 4.41. The first-order chi connectivity index (χ1) is 9.24. The molecule has 0 saturated carbocycles. The summed E-state index contributed by atoms with van der Waals surface area (Å²) < 4.78 is 2.03. The molecule has 2 heterocycles. The van der Waals surface area contributed by atoms with Crippen molar-refractivity contribution in [1.29, 1.82) is 0 Å². The molecule has 0 aromatic carbocycles. The standard InChI is InChI=1S/C15H21N3S/c1-11(9-12-5-4-8-19-12)17-14-6-3-7-15-13(14)10-16-18(15)2/h4-5,8,10-11,14,17H,3,6-7,9H2,1-2H3. The van der Waals surface area contributed by atoms with Crippen LogP contribution in [0.4, 0.5) is 0 Å². The maximum absolute atomic E-state index is 4.41. The van der Waals surface area contributed by atoms with Gasteiger partial charge in [0.05, 0.1) is 6.20 Å². The fourth-order valence-electron chi connectivity index (χ4n) is 3.01. The van der Waals surface area contributed by atoms with Crippen molar-refractivity contribution in [2.75, 3.05) is 0 Å². The van der Waals surface area contributed by atoms with Gasteiger partial charge < -0.3 is 5.32 Å². The van der Waals surface area contributed by atoms with Gasteiger partial charge in [-0.1, -0.05) is 6.07 Å². The third kappa shape index (κ3) is 2.74. The molecule has 0 spiro atoms. The fourth-order valence-corrected chi connectivity index (χ4v) is 3.85. The van der Waals surface area contributed by atoms with E-state index in [9.17, 15) is 0 Å². The summed E-state index contributed by atoms with van der Waals surface area (Å²) in [7, 11) is 2.05. The smallest absolute Gasteiger partial charge is 0.0540 e. The van der Waals surface area contributed by atoms with E-state index in [4.69, 9.17) is 0 Å². The second-order valence-corrected chi connectivity index (χ2v) is 6.50. The molecule has 3 rings (SSSR count). The molecule has 0 bridgehead atoms. The molecule has 0 fully saturated rings. The van der Waals surface area contributed by atoms with Gasteiger partial charge in [0.25, 0.3) is 0 Å². The zero-order valence-electron chi connectivity index (χ0n) is 11.6. The molecule has 2 unspecified atom stereocenters. The van der Waals surface area contributed by atoms with Gasteiger partial charge in [-0.25, -0.2) is 0 Å². The molecular weight excluding hydrogens is 254 g/mol. The molecule has 1 N–H and O–H groups in total. The van der Waals surface area contributed by atoms with Crippen LogP contribution in [0.15, 0.2) is 23.7 Å². The number of nitrogens with zero attached hydrogens (tertiary/aromatic N) is 2. The van der Waals surface area contributed by atoms with E-state index in [1.165, 1.54) is 35.4 Å². The minimum Gasteiger partial charge on any atom is -0.307 e. The molecule has 4 heteroatoms. The first-order valence-electron chi connectivity index (χ1n) is 7.03. The van der Waals surface area contributed by atoms with E-state index in [2.05, 4.69) is 41.9 Å². The lowest BCUT2D eigenvalue weighted by Gasteiger charge is -2.27. The summed E-state index contributed by atoms with van der Waals surface area (Å²) in [6.07, 6.45) is 6.82. The van der Waals surface area contributed by atoms with Gasteiger partial charge in [0.1, 0.15) is 0 Å². The third-order valence-corrected chi connectivity index (χ3v) is 4.85. The van der Waals surface area contributed by atoms with Crippen molar-refractivity contribution in [2.45, 2.75) is 44.7 Å². The Bertz CT molecular complexity index is 530. The van der Waals surface area contributed by atoms with Crippen LogP contribution in [0, 0.1) is 0 Å². The molecule has 2 atom stereocenters. The van der Waals surface area contributed by atoms with Crippen LogP contribution in [0.1, 0.15) is 41.9 Å². The zero-order chi connectivity index (χ0) is 13.2. The molecule has 1 aliphatic carbocycles. The molecule has 0 aliphatic heterocycles. The highest BCUT2D eigenvalue weighted by atomic mass is 32.1. The van der Waals surface area contributed by atoms with Crippen LogP contribution >= 0.6 is 11.3 Å². The number of fused-ring (bicyclic) bond motifs is 1. The van der Waals surface area contributed by atoms with Crippen LogP contribution in [0.5, 0.6) is 0 Å². The lowest BCUT2D eigenvalue weighted by atomic mass is 9.92. The van der Waals surface area contributed by atoms with Gasteiger partial charge in [-0.3, -0.25) is 4.68 Å². The molecule has 102 valence electrons. The second-order valence-electron chi connectivity index (χ2n) is 5.47. The van der Waals surface area contributed by atoms with Crippen LogP contribution in [0.25, 0.3) is 0 Å². The van der Waals surface area contributed by atoms with Crippen molar-refractivity contribution in [3.63, 3.8) is 0 Å². The average molecular weight is 275 g/mol. The monoisotopic (exact) mass is 275 g/mol. The number of aryl methyl sites for hydroxylation is 1. The summed E-state index contributed by atoms with van der Waals surface area (Å²) in [5.74, 6) is 0. The summed E-state index contributed by atoms with van der Waals surface area (Å²) in [4.78, 5) is 1.46. The Morgan fingerprint density at radius 3 is 3.26 bits per heavy atom. The highest BCUT2D eigenvalue weighted by Gasteiger charge is 2.24. The van der Waals surface area contributed by atoms with Crippen molar-refractivity contribution in [3.05, 3.63) is 39.8 Å². The Morgan fingerprint density at radius 2 is 2.47 bits per heavy atom. The quantitative estimate of drug-likeness (QED) is 0.929. The minimum atomic E-state index is 0.479. The largest absolute Gasteiger partial charge is 0.307 e. The molecule has 1 aliphatic rings. The zero-order valence-corrected chi connectivity index (χ0v) is 12.4. The average Bonchev–Trinajstić information content (AvgIpc) is 3.01. The summed E-state index contributed by atoms with van der Waals surface area (Å²) in [6, 6.07) is 5.34. The number of nitrogens with one attached hydrogen (secondary N) is 1. The van der Waals surface area contributed by atoms with Crippen LogP contribution in [0.2, 0.25) is 0 Å². The van der Waals surface area contributed by atoms with E-state index in [-0.39, 0.29) is 0 Å². The number of aromatic nitrogens is 2. The third-order valence-electron chi connectivity index (χ3n) is 3.95. The molecule has 19 heavy (non-hydrogen) atoms. The molecule has 3 nitrogen and oxygen atoms in total. The van der Waals surface area contributed by atoms with Gasteiger partial charge in [-0.15, -0.1) is 11.3 Å². The first-order valence-corrected chi connectivity index (χ1v) is 7.91. The Kier molecular flexibility index (Phi) is 3.71. The highest BCUT2D eigenvalue weighted by Crippen LogP contribution is 2.29. The number of thiophene rings is 1. The van der Waals surface area contributed by atoms with Gasteiger partial charge in [-0.05, 0) is 44.1 Å². The van der Waals surface area contributed by atoms with Gasteiger partial charge in [0, 0.05) is 35.3 Å². The van der Waals surface area contributed by atoms with Gasteiger partial charge >= 0.3 is 0 Å². The molecule has 0 radical (unpaired) electrons. The summed E-state index contributed by atoms with van der Waals surface area (Å²) >= 11 is 1.85. The predicted octanol–water partition coefficient (Wildman–Crippen LogP) is 3.08. The molecular formula is C15H21N3S.